The number of carbonyl (C=O) groups is 1. The van der Waals surface area contributed by atoms with Crippen molar-refractivity contribution in [1.82, 2.24) is 0 Å². The van der Waals surface area contributed by atoms with Crippen LogP contribution < -0.4 is 15.0 Å². The highest BCUT2D eigenvalue weighted by Crippen LogP contribution is 2.41. The van der Waals surface area contributed by atoms with E-state index in [2.05, 4.69) is 34.3 Å². The van der Waals surface area contributed by atoms with Crippen LogP contribution in [0.15, 0.2) is 39.4 Å². The first-order valence-corrected chi connectivity index (χ1v) is 13.3. The lowest BCUT2D eigenvalue weighted by atomic mass is 10.1. The third-order valence-corrected chi connectivity index (χ3v) is 6.55. The molecule has 0 unspecified atom stereocenters. The van der Waals surface area contributed by atoms with E-state index in [0.717, 1.165) is 50.5 Å². The van der Waals surface area contributed by atoms with Crippen molar-refractivity contribution in [3.05, 3.63) is 39.4 Å². The van der Waals surface area contributed by atoms with E-state index in [0.29, 0.717) is 11.8 Å². The zero-order valence-electron chi connectivity index (χ0n) is 21.0. The van der Waals surface area contributed by atoms with Gasteiger partial charge in [-0.2, -0.15) is 8.42 Å². The van der Waals surface area contributed by atoms with Crippen LogP contribution in [0.2, 0.25) is 5.02 Å². The topological polar surface area (TPSA) is 144 Å². The number of halogens is 2. The third-order valence-electron chi connectivity index (χ3n) is 5.27. The SMILES string of the molecule is CCCCN(CCCC)c1cc(NC(C)=O)c(N=Nc2cc(Cl)c(S(=O)(=O)F)cc2[N+](=O)[O-])cc1OC. The summed E-state index contributed by atoms with van der Waals surface area (Å²) in [6.07, 6.45) is 3.86. The van der Waals surface area contributed by atoms with Gasteiger partial charge in [-0.1, -0.05) is 38.3 Å². The first-order valence-electron chi connectivity index (χ1n) is 11.5. The average molecular weight is 558 g/mol. The molecule has 2 rings (SSSR count). The van der Waals surface area contributed by atoms with Crippen LogP contribution in [0.5, 0.6) is 5.75 Å². The third kappa shape index (κ3) is 8.09. The molecular weight excluding hydrogens is 529 g/mol. The van der Waals surface area contributed by atoms with Gasteiger partial charge >= 0.3 is 10.2 Å². The number of carbonyl (C=O) groups excluding carboxylic acids is 1. The molecule has 0 radical (unpaired) electrons. The molecule has 2 aromatic rings. The molecule has 37 heavy (non-hydrogen) atoms. The van der Waals surface area contributed by atoms with Gasteiger partial charge in [-0.25, -0.2) is 0 Å². The van der Waals surface area contributed by atoms with Crippen molar-refractivity contribution in [3.8, 4) is 5.75 Å². The smallest absolute Gasteiger partial charge is 0.333 e. The van der Waals surface area contributed by atoms with Crippen molar-refractivity contribution in [1.29, 1.82) is 0 Å². The van der Waals surface area contributed by atoms with Crippen molar-refractivity contribution in [3.63, 3.8) is 0 Å². The van der Waals surface area contributed by atoms with E-state index in [1.165, 1.54) is 20.1 Å². The summed E-state index contributed by atoms with van der Waals surface area (Å²) in [5.74, 6) is 0.0643. The van der Waals surface area contributed by atoms with Gasteiger partial charge in [-0.05, 0) is 25.0 Å². The number of benzene rings is 2. The molecule has 1 amide bonds. The zero-order chi connectivity index (χ0) is 27.8. The summed E-state index contributed by atoms with van der Waals surface area (Å²) in [6, 6.07) is 4.53. The van der Waals surface area contributed by atoms with Crippen molar-refractivity contribution in [2.24, 2.45) is 10.2 Å². The lowest BCUT2D eigenvalue weighted by Gasteiger charge is -2.27. The minimum atomic E-state index is -5.31. The number of amides is 1. The Morgan fingerprint density at radius 2 is 1.73 bits per heavy atom. The predicted molar refractivity (Wildman–Crippen MR) is 140 cm³/mol. The fourth-order valence-corrected chi connectivity index (χ4v) is 4.42. The van der Waals surface area contributed by atoms with Gasteiger partial charge in [-0.15, -0.1) is 14.1 Å². The van der Waals surface area contributed by atoms with Gasteiger partial charge in [0.1, 0.15) is 16.3 Å². The average Bonchev–Trinajstić information content (AvgIpc) is 2.81. The zero-order valence-corrected chi connectivity index (χ0v) is 22.5. The van der Waals surface area contributed by atoms with Gasteiger partial charge < -0.3 is 15.0 Å². The van der Waals surface area contributed by atoms with Gasteiger partial charge in [0.2, 0.25) is 5.91 Å². The molecule has 0 fully saturated rings. The van der Waals surface area contributed by atoms with Crippen molar-refractivity contribution >= 4 is 56.2 Å². The Morgan fingerprint density at radius 1 is 1.14 bits per heavy atom. The number of anilines is 2. The monoisotopic (exact) mass is 557 g/mol. The van der Waals surface area contributed by atoms with Crippen LogP contribution in [0.25, 0.3) is 0 Å². The Kier molecular flexibility index (Phi) is 10.7. The van der Waals surface area contributed by atoms with Crippen molar-refractivity contribution < 1.29 is 26.8 Å². The number of nitrogens with zero attached hydrogens (tertiary/aromatic N) is 4. The van der Waals surface area contributed by atoms with E-state index >= 15 is 0 Å². The van der Waals surface area contributed by atoms with Crippen molar-refractivity contribution in [2.45, 2.75) is 51.3 Å². The van der Waals surface area contributed by atoms with Crippen LogP contribution in [-0.4, -0.2) is 39.4 Å². The van der Waals surface area contributed by atoms with Gasteiger partial charge in [0.05, 0.1) is 28.4 Å². The maximum atomic E-state index is 13.5. The quantitative estimate of drug-likeness (QED) is 0.125. The first-order chi connectivity index (χ1) is 17.4. The fourth-order valence-electron chi connectivity index (χ4n) is 3.44. The molecule has 0 aliphatic carbocycles. The van der Waals surface area contributed by atoms with E-state index in [9.17, 15) is 27.2 Å². The summed E-state index contributed by atoms with van der Waals surface area (Å²) in [6.45, 7) is 7.02. The molecular formula is C23H29ClFN5O6S. The van der Waals surface area contributed by atoms with Crippen LogP contribution in [0.1, 0.15) is 46.5 Å². The minimum absolute atomic E-state index is 0.120. The molecule has 2 aromatic carbocycles. The van der Waals surface area contributed by atoms with Crippen LogP contribution in [-0.2, 0) is 15.0 Å². The Morgan fingerprint density at radius 3 is 2.22 bits per heavy atom. The predicted octanol–water partition coefficient (Wildman–Crippen LogP) is 6.70. The summed E-state index contributed by atoms with van der Waals surface area (Å²) < 4.78 is 41.6. The number of nitro groups is 1. The molecule has 0 bridgehead atoms. The van der Waals surface area contributed by atoms with Crippen LogP contribution in [0.3, 0.4) is 0 Å². The highest BCUT2D eigenvalue weighted by molar-refractivity contribution is 7.86. The van der Waals surface area contributed by atoms with E-state index < -0.39 is 36.4 Å². The summed E-state index contributed by atoms with van der Waals surface area (Å²) in [4.78, 5) is 23.6. The maximum Gasteiger partial charge on any atom is 0.333 e. The molecule has 202 valence electrons. The van der Waals surface area contributed by atoms with Crippen LogP contribution in [0.4, 0.5) is 32.3 Å². The van der Waals surface area contributed by atoms with E-state index in [1.54, 1.807) is 6.07 Å². The molecule has 14 heteroatoms. The molecule has 0 aliphatic heterocycles. The maximum absolute atomic E-state index is 13.5. The highest BCUT2D eigenvalue weighted by atomic mass is 35.5. The van der Waals surface area contributed by atoms with Crippen molar-refractivity contribution in [2.75, 3.05) is 30.4 Å². The molecule has 0 saturated heterocycles. The van der Waals surface area contributed by atoms with E-state index in [4.69, 9.17) is 16.3 Å². The Hall–Kier alpha value is -3.32. The first kappa shape index (κ1) is 29.9. The molecule has 0 aliphatic rings. The Bertz CT molecular complexity index is 1280. The molecule has 0 saturated carbocycles. The summed E-state index contributed by atoms with van der Waals surface area (Å²) in [5, 5.41) is 21.5. The molecule has 0 atom stereocenters. The molecule has 11 nitrogen and oxygen atoms in total. The normalized spacial score (nSPS) is 11.5. The second-order valence-corrected chi connectivity index (χ2v) is 9.81. The lowest BCUT2D eigenvalue weighted by Crippen LogP contribution is -2.26. The number of nitro benzene ring substituents is 1. The molecule has 0 heterocycles. The summed E-state index contributed by atoms with van der Waals surface area (Å²) >= 11 is 5.83. The van der Waals surface area contributed by atoms with Gasteiger partial charge in [0.25, 0.3) is 5.69 Å². The Balaban J connectivity index is 2.65. The van der Waals surface area contributed by atoms with Gasteiger partial charge in [0, 0.05) is 32.1 Å². The number of hydrogen-bond donors (Lipinski definition) is 1. The van der Waals surface area contributed by atoms with Gasteiger partial charge in [-0.3, -0.25) is 14.9 Å². The number of methoxy groups -OCH3 is 1. The summed E-state index contributed by atoms with van der Waals surface area (Å²) in [7, 11) is -3.82. The molecule has 0 aromatic heterocycles. The molecule has 1 N–H and O–H groups in total. The minimum Gasteiger partial charge on any atom is -0.494 e. The second kappa shape index (κ2) is 13.3. The number of unbranched alkanes of at least 4 members (excludes halogenated alkanes) is 2. The number of ether oxygens (including phenoxy) is 1. The highest BCUT2D eigenvalue weighted by Gasteiger charge is 2.25. The van der Waals surface area contributed by atoms with E-state index in [1.807, 2.05) is 0 Å². The van der Waals surface area contributed by atoms with Crippen LogP contribution in [0, 0.1) is 10.1 Å². The second-order valence-electron chi connectivity index (χ2n) is 8.08. The largest absolute Gasteiger partial charge is 0.494 e. The summed E-state index contributed by atoms with van der Waals surface area (Å²) in [5.41, 5.74) is -0.0965. The number of azo groups is 1. The van der Waals surface area contributed by atoms with Gasteiger partial charge in [0.15, 0.2) is 5.69 Å². The molecule has 0 spiro atoms. The number of hydrogen-bond acceptors (Lipinski definition) is 9. The number of nitrogens with one attached hydrogen (secondary N) is 1. The Labute approximate surface area is 220 Å². The lowest BCUT2D eigenvalue weighted by molar-refractivity contribution is -0.384. The standard InChI is InChI=1S/C23H29ClFN5O6S/c1-5-7-9-29(10-8-6-2)21-12-17(26-15(3)31)18(13-22(21)36-4)27-28-19-11-16(24)23(37(25,34)35)14-20(19)30(32)33/h11-14H,5-10H2,1-4H3,(H,26,31). The fraction of sp³-hybridized carbons (Fsp3) is 0.435. The van der Waals surface area contributed by atoms with Crippen LogP contribution >= 0.6 is 11.6 Å². The van der Waals surface area contributed by atoms with E-state index in [-0.39, 0.29) is 17.3 Å². The number of rotatable bonds is 13.